The highest BCUT2D eigenvalue weighted by atomic mass is 16.5. The third-order valence-electron chi connectivity index (χ3n) is 5.81. The van der Waals surface area contributed by atoms with Crippen molar-refractivity contribution in [3.05, 3.63) is 108 Å². The number of anilines is 1. The molecular formula is C29H27N2O2+. The van der Waals surface area contributed by atoms with E-state index in [-0.39, 0.29) is 0 Å². The van der Waals surface area contributed by atoms with E-state index in [1.807, 2.05) is 56.6 Å². The summed E-state index contributed by atoms with van der Waals surface area (Å²) in [6, 6.07) is 24.7. The van der Waals surface area contributed by atoms with Gasteiger partial charge < -0.3 is 14.1 Å². The first-order valence-electron chi connectivity index (χ1n) is 11.2. The van der Waals surface area contributed by atoms with Crippen LogP contribution in [0.5, 0.6) is 5.75 Å². The van der Waals surface area contributed by atoms with Gasteiger partial charge in [-0.15, -0.1) is 0 Å². The van der Waals surface area contributed by atoms with E-state index in [0.29, 0.717) is 0 Å². The van der Waals surface area contributed by atoms with Gasteiger partial charge in [0.25, 0.3) is 5.52 Å². The van der Waals surface area contributed by atoms with Gasteiger partial charge >= 0.3 is 5.89 Å². The van der Waals surface area contributed by atoms with Gasteiger partial charge in [-0.2, -0.15) is 4.57 Å². The molecule has 0 amide bonds. The molecule has 0 atom stereocenters. The molecule has 1 aromatic heterocycles. The molecule has 33 heavy (non-hydrogen) atoms. The number of benzene rings is 3. The molecule has 1 aliphatic heterocycles. The molecule has 164 valence electrons. The Labute approximate surface area is 194 Å². The van der Waals surface area contributed by atoms with Crippen molar-refractivity contribution in [2.75, 3.05) is 19.0 Å². The lowest BCUT2D eigenvalue weighted by Gasteiger charge is -2.18. The van der Waals surface area contributed by atoms with Crippen molar-refractivity contribution in [2.45, 2.75) is 13.5 Å². The predicted molar refractivity (Wildman–Crippen MR) is 135 cm³/mol. The molecule has 4 heteroatoms. The van der Waals surface area contributed by atoms with Gasteiger partial charge in [0, 0.05) is 31.4 Å². The highest BCUT2D eigenvalue weighted by Crippen LogP contribution is 2.35. The van der Waals surface area contributed by atoms with E-state index in [0.717, 1.165) is 51.7 Å². The molecular weight excluding hydrogens is 408 g/mol. The summed E-state index contributed by atoms with van der Waals surface area (Å²) in [6.45, 7) is 2.93. The SMILES string of the molecule is CC[n+]1c(C=C2C=C(C=Cc3ccc(N(C)C)cc3)c3ccccc3O2)oc2ccccc21. The number of allylic oxidation sites excluding steroid dienone is 3. The van der Waals surface area contributed by atoms with Crippen LogP contribution in [0.3, 0.4) is 0 Å². The predicted octanol–water partition coefficient (Wildman–Crippen LogP) is 6.34. The quantitative estimate of drug-likeness (QED) is 0.343. The first-order valence-corrected chi connectivity index (χ1v) is 11.2. The maximum Gasteiger partial charge on any atom is 0.377 e. The van der Waals surface area contributed by atoms with Gasteiger partial charge in [-0.05, 0) is 48.4 Å². The van der Waals surface area contributed by atoms with Gasteiger partial charge in [-0.25, -0.2) is 0 Å². The van der Waals surface area contributed by atoms with Crippen molar-refractivity contribution >= 4 is 34.5 Å². The minimum Gasteiger partial charge on any atom is -0.456 e. The maximum atomic E-state index is 6.23. The number of para-hydroxylation sites is 3. The molecule has 0 bridgehead atoms. The van der Waals surface area contributed by atoms with Crippen molar-refractivity contribution < 1.29 is 13.7 Å². The number of hydrogen-bond donors (Lipinski definition) is 0. The van der Waals surface area contributed by atoms with E-state index in [1.165, 1.54) is 5.69 Å². The molecule has 0 radical (unpaired) electrons. The van der Waals surface area contributed by atoms with Crippen LogP contribution in [-0.2, 0) is 6.54 Å². The van der Waals surface area contributed by atoms with Crippen LogP contribution >= 0.6 is 0 Å². The maximum absolute atomic E-state index is 6.23. The lowest BCUT2D eigenvalue weighted by molar-refractivity contribution is -0.674. The summed E-state index contributed by atoms with van der Waals surface area (Å²) in [7, 11) is 4.10. The van der Waals surface area contributed by atoms with Crippen LogP contribution < -0.4 is 14.2 Å². The summed E-state index contributed by atoms with van der Waals surface area (Å²) in [6.07, 6.45) is 8.32. The van der Waals surface area contributed by atoms with Crippen molar-refractivity contribution in [2.24, 2.45) is 0 Å². The molecule has 0 aliphatic carbocycles. The Morgan fingerprint density at radius 1 is 0.879 bits per heavy atom. The number of fused-ring (bicyclic) bond motifs is 2. The number of aryl methyl sites for hydroxylation is 1. The van der Waals surface area contributed by atoms with E-state index in [9.17, 15) is 0 Å². The van der Waals surface area contributed by atoms with Crippen molar-refractivity contribution in [3.63, 3.8) is 0 Å². The number of aromatic nitrogens is 1. The van der Waals surface area contributed by atoms with Gasteiger partial charge in [0.2, 0.25) is 5.58 Å². The Balaban J connectivity index is 1.53. The van der Waals surface area contributed by atoms with Crippen LogP contribution in [0.2, 0.25) is 0 Å². The van der Waals surface area contributed by atoms with Crippen LogP contribution in [0.4, 0.5) is 5.69 Å². The van der Waals surface area contributed by atoms with E-state index < -0.39 is 0 Å². The second-order valence-electron chi connectivity index (χ2n) is 8.22. The largest absolute Gasteiger partial charge is 0.456 e. The molecule has 0 unspecified atom stereocenters. The Kier molecular flexibility index (Phi) is 5.57. The van der Waals surface area contributed by atoms with E-state index in [2.05, 4.69) is 71.0 Å². The fraction of sp³-hybridized carbons (Fsp3) is 0.138. The molecule has 0 fully saturated rings. The Morgan fingerprint density at radius 3 is 2.42 bits per heavy atom. The molecule has 2 heterocycles. The first-order chi connectivity index (χ1) is 16.1. The van der Waals surface area contributed by atoms with Crippen molar-refractivity contribution in [1.29, 1.82) is 0 Å². The van der Waals surface area contributed by atoms with Gasteiger partial charge in [0.15, 0.2) is 0 Å². The summed E-state index contributed by atoms with van der Waals surface area (Å²) in [4.78, 5) is 2.10. The molecule has 0 spiro atoms. The van der Waals surface area contributed by atoms with Crippen LogP contribution in [-0.4, -0.2) is 14.1 Å². The second kappa shape index (κ2) is 8.83. The zero-order valence-corrected chi connectivity index (χ0v) is 19.2. The Morgan fingerprint density at radius 2 is 1.64 bits per heavy atom. The van der Waals surface area contributed by atoms with Gasteiger partial charge in [0.05, 0.1) is 6.08 Å². The first kappa shape index (κ1) is 20.8. The van der Waals surface area contributed by atoms with Crippen molar-refractivity contribution in [3.8, 4) is 5.75 Å². The lowest BCUT2D eigenvalue weighted by atomic mass is 10.00. The summed E-state index contributed by atoms with van der Waals surface area (Å²) < 4.78 is 14.5. The minimum absolute atomic E-state index is 0.748. The van der Waals surface area contributed by atoms with Gasteiger partial charge in [0.1, 0.15) is 18.1 Å². The monoisotopic (exact) mass is 435 g/mol. The average molecular weight is 436 g/mol. The molecule has 3 aromatic carbocycles. The summed E-state index contributed by atoms with van der Waals surface area (Å²) >= 11 is 0. The molecule has 0 saturated heterocycles. The van der Waals surface area contributed by atoms with Crippen LogP contribution in [0.1, 0.15) is 23.9 Å². The van der Waals surface area contributed by atoms with E-state index in [4.69, 9.17) is 9.15 Å². The summed E-state index contributed by atoms with van der Waals surface area (Å²) in [5.74, 6) is 2.36. The topological polar surface area (TPSA) is 29.5 Å². The number of nitrogens with zero attached hydrogens (tertiary/aromatic N) is 2. The molecule has 4 nitrogen and oxygen atoms in total. The van der Waals surface area contributed by atoms with Crippen LogP contribution in [0.15, 0.2) is 95.1 Å². The lowest BCUT2D eigenvalue weighted by Crippen LogP contribution is -2.33. The second-order valence-corrected chi connectivity index (χ2v) is 8.22. The van der Waals surface area contributed by atoms with E-state index in [1.54, 1.807) is 0 Å². The fourth-order valence-electron chi connectivity index (χ4n) is 4.07. The van der Waals surface area contributed by atoms with Gasteiger partial charge in [-0.1, -0.05) is 54.6 Å². The Hall–Kier alpha value is -4.05. The van der Waals surface area contributed by atoms with Gasteiger partial charge in [-0.3, -0.25) is 0 Å². The number of hydrogen-bond acceptors (Lipinski definition) is 3. The standard InChI is InChI=1S/C29H27N2O2/c1-4-31-26-10-6-8-12-28(26)33-29(31)20-24-19-22(25-9-5-7-11-27(25)32-24)16-13-21-14-17-23(18-15-21)30(2)3/h5-20H,4H2,1-3H3/q+1. The summed E-state index contributed by atoms with van der Waals surface area (Å²) in [5.41, 5.74) is 6.45. The molecule has 0 saturated carbocycles. The fourth-order valence-corrected chi connectivity index (χ4v) is 4.07. The third-order valence-corrected chi connectivity index (χ3v) is 5.81. The number of rotatable bonds is 5. The third kappa shape index (κ3) is 4.20. The zero-order chi connectivity index (χ0) is 22.8. The van der Waals surface area contributed by atoms with Crippen LogP contribution in [0, 0.1) is 0 Å². The number of oxazole rings is 1. The zero-order valence-electron chi connectivity index (χ0n) is 19.2. The molecule has 4 aromatic rings. The normalized spacial score (nSPS) is 14.4. The highest BCUT2D eigenvalue weighted by Gasteiger charge is 2.22. The molecule has 0 N–H and O–H groups in total. The number of ether oxygens (including phenoxy) is 1. The smallest absolute Gasteiger partial charge is 0.377 e. The highest BCUT2D eigenvalue weighted by molar-refractivity contribution is 5.85. The summed E-state index contributed by atoms with van der Waals surface area (Å²) in [5, 5.41) is 0. The van der Waals surface area contributed by atoms with Crippen LogP contribution in [0.25, 0.3) is 28.8 Å². The molecule has 5 rings (SSSR count). The Bertz CT molecular complexity index is 1390. The van der Waals surface area contributed by atoms with Crippen molar-refractivity contribution in [1.82, 2.24) is 0 Å². The minimum atomic E-state index is 0.748. The average Bonchev–Trinajstić information content (AvgIpc) is 3.19. The molecule has 1 aliphatic rings. The van der Waals surface area contributed by atoms with E-state index >= 15 is 0 Å².